The number of aliphatic hydroxyl groups excluding tert-OH is 1. The summed E-state index contributed by atoms with van der Waals surface area (Å²) in [5.41, 5.74) is 15.6. The molecule has 1 aromatic carbocycles. The third-order valence-corrected chi connectivity index (χ3v) is 2.50. The van der Waals surface area contributed by atoms with Crippen molar-refractivity contribution in [2.45, 2.75) is 6.42 Å². The highest BCUT2D eigenvalue weighted by molar-refractivity contribution is 5.77. The summed E-state index contributed by atoms with van der Waals surface area (Å²) in [6.07, 6.45) is 3.74. The van der Waals surface area contributed by atoms with Gasteiger partial charge in [-0.25, -0.2) is 0 Å². The van der Waals surface area contributed by atoms with E-state index in [0.717, 1.165) is 16.7 Å². The van der Waals surface area contributed by atoms with E-state index in [0.29, 0.717) is 17.8 Å². The number of hydrogen-bond donors (Lipinski definition) is 3. The topological polar surface area (TPSA) is 85.4 Å². The maximum Gasteiger partial charge on any atom is 0.0981 e. The molecule has 0 aliphatic carbocycles. The Morgan fingerprint density at radius 3 is 2.69 bits per heavy atom. The summed E-state index contributed by atoms with van der Waals surface area (Å²) in [6, 6.07) is 5.38. The largest absolute Gasteiger partial charge is 0.472 e. The van der Waals surface area contributed by atoms with Crippen molar-refractivity contribution < 1.29 is 9.52 Å². The zero-order valence-electron chi connectivity index (χ0n) is 8.81. The molecule has 0 aliphatic rings. The van der Waals surface area contributed by atoms with Gasteiger partial charge in [-0.2, -0.15) is 0 Å². The predicted octanol–water partition coefficient (Wildman–Crippen LogP) is 1.65. The van der Waals surface area contributed by atoms with Crippen LogP contribution in [0.1, 0.15) is 5.56 Å². The van der Waals surface area contributed by atoms with Gasteiger partial charge in [-0.1, -0.05) is 0 Å². The Morgan fingerprint density at radius 1 is 1.25 bits per heavy atom. The fourth-order valence-electron chi connectivity index (χ4n) is 1.78. The normalized spacial score (nSPS) is 10.6. The van der Waals surface area contributed by atoms with Crippen molar-refractivity contribution in [1.82, 2.24) is 0 Å². The summed E-state index contributed by atoms with van der Waals surface area (Å²) < 4.78 is 5.04. The molecule has 0 amide bonds. The van der Waals surface area contributed by atoms with Gasteiger partial charge in [0, 0.05) is 23.5 Å². The molecular weight excluding hydrogens is 204 g/mol. The van der Waals surface area contributed by atoms with Gasteiger partial charge in [0.2, 0.25) is 0 Å². The van der Waals surface area contributed by atoms with Gasteiger partial charge in [-0.3, -0.25) is 0 Å². The quantitative estimate of drug-likeness (QED) is 0.684. The number of nitrogens with two attached hydrogens (primary N) is 2. The molecule has 1 aromatic heterocycles. The molecule has 1 heterocycles. The first kappa shape index (κ1) is 10.6. The minimum atomic E-state index is 0.0545. The van der Waals surface area contributed by atoms with E-state index >= 15 is 0 Å². The molecule has 0 unspecified atom stereocenters. The van der Waals surface area contributed by atoms with E-state index in [2.05, 4.69) is 0 Å². The monoisotopic (exact) mass is 218 g/mol. The Morgan fingerprint density at radius 2 is 2.06 bits per heavy atom. The summed E-state index contributed by atoms with van der Waals surface area (Å²) in [5.74, 6) is 0. The third kappa shape index (κ3) is 1.87. The van der Waals surface area contributed by atoms with Crippen molar-refractivity contribution in [1.29, 1.82) is 0 Å². The van der Waals surface area contributed by atoms with Gasteiger partial charge in [0.05, 0.1) is 12.5 Å². The first-order chi connectivity index (χ1) is 7.72. The Hall–Kier alpha value is -1.94. The molecule has 0 saturated heterocycles. The van der Waals surface area contributed by atoms with E-state index in [-0.39, 0.29) is 6.61 Å². The number of benzene rings is 1. The number of nitrogen functional groups attached to an aromatic ring is 2. The van der Waals surface area contributed by atoms with Gasteiger partial charge in [-0.15, -0.1) is 0 Å². The number of anilines is 2. The van der Waals surface area contributed by atoms with Crippen LogP contribution >= 0.6 is 0 Å². The molecule has 0 aliphatic heterocycles. The lowest BCUT2D eigenvalue weighted by atomic mass is 9.97. The molecule has 0 spiro atoms. The van der Waals surface area contributed by atoms with Gasteiger partial charge in [0.1, 0.15) is 0 Å². The van der Waals surface area contributed by atoms with Crippen LogP contribution in [-0.4, -0.2) is 11.7 Å². The van der Waals surface area contributed by atoms with E-state index < -0.39 is 0 Å². The molecule has 84 valence electrons. The van der Waals surface area contributed by atoms with Crippen molar-refractivity contribution in [3.8, 4) is 11.1 Å². The fraction of sp³-hybridized carbons (Fsp3) is 0.167. The highest BCUT2D eigenvalue weighted by atomic mass is 16.3. The standard InChI is InChI=1S/C12H14N2O2/c13-9-5-11(8-2-4-16-7-8)10(1-3-15)12(14)6-9/h2,4-7,15H,1,3,13-14H2. The van der Waals surface area contributed by atoms with Crippen molar-refractivity contribution in [2.24, 2.45) is 0 Å². The van der Waals surface area contributed by atoms with Crippen LogP contribution in [0.5, 0.6) is 0 Å². The summed E-state index contributed by atoms with van der Waals surface area (Å²) in [5, 5.41) is 9.03. The minimum absolute atomic E-state index is 0.0545. The van der Waals surface area contributed by atoms with Gasteiger partial charge >= 0.3 is 0 Å². The Balaban J connectivity index is 2.57. The SMILES string of the molecule is Nc1cc(N)c(CCO)c(-c2ccoc2)c1. The van der Waals surface area contributed by atoms with Crippen LogP contribution in [-0.2, 0) is 6.42 Å². The lowest BCUT2D eigenvalue weighted by Gasteiger charge is -2.11. The Kier molecular flexibility index (Phi) is 2.83. The first-order valence-corrected chi connectivity index (χ1v) is 5.03. The maximum atomic E-state index is 9.03. The fourth-order valence-corrected chi connectivity index (χ4v) is 1.78. The molecule has 4 heteroatoms. The molecule has 0 bridgehead atoms. The van der Waals surface area contributed by atoms with Gasteiger partial charge in [-0.05, 0) is 35.7 Å². The minimum Gasteiger partial charge on any atom is -0.472 e. The van der Waals surface area contributed by atoms with Gasteiger partial charge in [0.25, 0.3) is 0 Å². The molecule has 2 rings (SSSR count). The Labute approximate surface area is 93.5 Å². The number of rotatable bonds is 3. The lowest BCUT2D eigenvalue weighted by Crippen LogP contribution is -2.02. The number of hydrogen-bond acceptors (Lipinski definition) is 4. The van der Waals surface area contributed by atoms with Gasteiger partial charge < -0.3 is 21.0 Å². The van der Waals surface area contributed by atoms with Crippen molar-refractivity contribution in [2.75, 3.05) is 18.1 Å². The molecular formula is C12H14N2O2. The van der Waals surface area contributed by atoms with Crippen molar-refractivity contribution >= 4 is 11.4 Å². The molecule has 4 nitrogen and oxygen atoms in total. The second kappa shape index (κ2) is 4.28. The van der Waals surface area contributed by atoms with E-state index in [9.17, 15) is 0 Å². The predicted molar refractivity (Wildman–Crippen MR) is 63.8 cm³/mol. The van der Waals surface area contributed by atoms with E-state index in [4.69, 9.17) is 21.0 Å². The smallest absolute Gasteiger partial charge is 0.0981 e. The van der Waals surface area contributed by atoms with E-state index in [1.807, 2.05) is 12.1 Å². The van der Waals surface area contributed by atoms with Crippen molar-refractivity contribution in [3.05, 3.63) is 36.3 Å². The van der Waals surface area contributed by atoms with Crippen LogP contribution in [0.2, 0.25) is 0 Å². The van der Waals surface area contributed by atoms with E-state index in [1.54, 1.807) is 18.6 Å². The maximum absolute atomic E-state index is 9.03. The molecule has 0 saturated carbocycles. The zero-order valence-corrected chi connectivity index (χ0v) is 8.81. The summed E-state index contributed by atoms with van der Waals surface area (Å²) >= 11 is 0. The summed E-state index contributed by atoms with van der Waals surface area (Å²) in [4.78, 5) is 0. The molecule has 0 atom stereocenters. The summed E-state index contributed by atoms with van der Waals surface area (Å²) in [6.45, 7) is 0.0545. The third-order valence-electron chi connectivity index (χ3n) is 2.50. The highest BCUT2D eigenvalue weighted by Gasteiger charge is 2.10. The summed E-state index contributed by atoms with van der Waals surface area (Å²) in [7, 11) is 0. The van der Waals surface area contributed by atoms with E-state index in [1.165, 1.54) is 0 Å². The lowest BCUT2D eigenvalue weighted by molar-refractivity contribution is 0.300. The average Bonchev–Trinajstić information content (AvgIpc) is 2.75. The van der Waals surface area contributed by atoms with Crippen LogP contribution in [0.4, 0.5) is 11.4 Å². The van der Waals surface area contributed by atoms with Crippen LogP contribution in [0.3, 0.4) is 0 Å². The molecule has 5 N–H and O–H groups in total. The number of furan rings is 1. The molecule has 0 fully saturated rings. The molecule has 16 heavy (non-hydrogen) atoms. The van der Waals surface area contributed by atoms with Gasteiger partial charge in [0.15, 0.2) is 0 Å². The first-order valence-electron chi connectivity index (χ1n) is 5.03. The Bertz CT molecular complexity index is 478. The average molecular weight is 218 g/mol. The van der Waals surface area contributed by atoms with Crippen LogP contribution in [0, 0.1) is 0 Å². The number of aliphatic hydroxyl groups is 1. The second-order valence-corrected chi connectivity index (χ2v) is 3.62. The molecule has 0 radical (unpaired) electrons. The van der Waals surface area contributed by atoms with Crippen LogP contribution in [0.25, 0.3) is 11.1 Å². The molecule has 2 aromatic rings. The highest BCUT2D eigenvalue weighted by Crippen LogP contribution is 2.31. The second-order valence-electron chi connectivity index (χ2n) is 3.62. The van der Waals surface area contributed by atoms with Crippen molar-refractivity contribution in [3.63, 3.8) is 0 Å². The zero-order chi connectivity index (χ0) is 11.5. The van der Waals surface area contributed by atoms with Crippen LogP contribution in [0.15, 0.2) is 35.1 Å². The van der Waals surface area contributed by atoms with Crippen LogP contribution < -0.4 is 11.5 Å².